The Bertz CT molecular complexity index is 513. The molecule has 0 spiro atoms. The van der Waals surface area contributed by atoms with Crippen molar-refractivity contribution in [1.82, 2.24) is 5.32 Å². The summed E-state index contributed by atoms with van der Waals surface area (Å²) in [6.07, 6.45) is 6.07. The third-order valence-electron chi connectivity index (χ3n) is 4.61. The lowest BCUT2D eigenvalue weighted by Gasteiger charge is -2.26. The number of carbonyl (C=O) groups is 1. The normalized spacial score (nSPS) is 24.8. The largest absolute Gasteiger partial charge is 0.492 e. The Kier molecular flexibility index (Phi) is 4.98. The Morgan fingerprint density at radius 3 is 2.77 bits per heavy atom. The molecule has 0 aromatic heterocycles. The van der Waals surface area contributed by atoms with Crippen molar-refractivity contribution < 1.29 is 14.6 Å². The van der Waals surface area contributed by atoms with E-state index in [1.807, 2.05) is 24.3 Å². The monoisotopic (exact) mass is 303 g/mol. The van der Waals surface area contributed by atoms with Crippen LogP contribution < -0.4 is 10.1 Å². The van der Waals surface area contributed by atoms with Gasteiger partial charge in [0.25, 0.3) is 5.91 Å². The van der Waals surface area contributed by atoms with Crippen LogP contribution in [0, 0.1) is 11.8 Å². The third-order valence-corrected chi connectivity index (χ3v) is 4.61. The topological polar surface area (TPSA) is 58.6 Å². The Hall–Kier alpha value is -1.55. The van der Waals surface area contributed by atoms with Crippen molar-refractivity contribution in [1.29, 1.82) is 0 Å². The first-order chi connectivity index (χ1) is 10.7. The smallest absolute Gasteiger partial charge is 0.255 e. The van der Waals surface area contributed by atoms with Gasteiger partial charge in [0.2, 0.25) is 0 Å². The highest BCUT2D eigenvalue weighted by Gasteiger charge is 2.24. The Labute approximate surface area is 131 Å². The van der Waals surface area contributed by atoms with E-state index in [9.17, 15) is 9.90 Å². The van der Waals surface area contributed by atoms with Crippen LogP contribution in [0.25, 0.3) is 0 Å². The molecule has 2 aliphatic rings. The van der Waals surface area contributed by atoms with E-state index in [0.717, 1.165) is 25.7 Å². The van der Waals surface area contributed by atoms with Gasteiger partial charge < -0.3 is 15.2 Å². The summed E-state index contributed by atoms with van der Waals surface area (Å²) in [6, 6.07) is 7.44. The second-order valence-electron chi connectivity index (χ2n) is 6.65. The minimum atomic E-state index is -0.204. The molecule has 4 nitrogen and oxygen atoms in total. The van der Waals surface area contributed by atoms with Crippen LogP contribution in [0.5, 0.6) is 5.75 Å². The number of ether oxygens (including phenoxy) is 1. The molecular weight excluding hydrogens is 278 g/mol. The first-order valence-electron chi connectivity index (χ1n) is 8.40. The zero-order chi connectivity index (χ0) is 15.4. The Balaban J connectivity index is 1.54. The maximum absolute atomic E-state index is 12.4. The van der Waals surface area contributed by atoms with Gasteiger partial charge in [0.1, 0.15) is 5.75 Å². The zero-order valence-electron chi connectivity index (χ0n) is 13.0. The third kappa shape index (κ3) is 4.23. The number of nitrogens with one attached hydrogen (secondary N) is 1. The molecule has 120 valence electrons. The van der Waals surface area contributed by atoms with E-state index in [1.165, 1.54) is 12.8 Å². The highest BCUT2D eigenvalue weighted by molar-refractivity contribution is 5.96. The fourth-order valence-corrected chi connectivity index (χ4v) is 3.05. The standard InChI is InChI=1S/C18H25NO3/c20-15-5-3-4-14(10-15)11-19-18(21)16-6-1-2-7-17(16)22-12-13-8-9-13/h1-2,6-7,13-15,20H,3-5,8-12H2,(H,19,21). The molecule has 0 radical (unpaired) electrons. The van der Waals surface area contributed by atoms with Gasteiger partial charge >= 0.3 is 0 Å². The average Bonchev–Trinajstić information content (AvgIpc) is 3.35. The minimum absolute atomic E-state index is 0.0774. The lowest BCUT2D eigenvalue weighted by Crippen LogP contribution is -2.33. The van der Waals surface area contributed by atoms with Gasteiger partial charge in [-0.15, -0.1) is 0 Å². The highest BCUT2D eigenvalue weighted by atomic mass is 16.5. The number of benzene rings is 1. The first kappa shape index (κ1) is 15.3. The first-order valence-corrected chi connectivity index (χ1v) is 8.40. The Morgan fingerprint density at radius 2 is 2.00 bits per heavy atom. The van der Waals surface area contributed by atoms with Crippen molar-refractivity contribution in [3.05, 3.63) is 29.8 Å². The molecule has 1 aromatic carbocycles. The van der Waals surface area contributed by atoms with Crippen LogP contribution in [0.15, 0.2) is 24.3 Å². The van der Waals surface area contributed by atoms with Crippen molar-refractivity contribution in [3.8, 4) is 5.75 Å². The maximum atomic E-state index is 12.4. The van der Waals surface area contributed by atoms with E-state index >= 15 is 0 Å². The Morgan fingerprint density at radius 1 is 1.18 bits per heavy atom. The SMILES string of the molecule is O=C(NCC1CCCC(O)C1)c1ccccc1OCC1CC1. The second-order valence-corrected chi connectivity index (χ2v) is 6.65. The van der Waals surface area contributed by atoms with Crippen LogP contribution in [0.3, 0.4) is 0 Å². The van der Waals surface area contributed by atoms with E-state index in [2.05, 4.69) is 5.32 Å². The number of rotatable bonds is 6. The number of hydrogen-bond acceptors (Lipinski definition) is 3. The molecule has 4 heteroatoms. The number of para-hydroxylation sites is 1. The van der Waals surface area contributed by atoms with Crippen molar-refractivity contribution in [2.45, 2.75) is 44.6 Å². The van der Waals surface area contributed by atoms with Crippen molar-refractivity contribution in [2.75, 3.05) is 13.2 Å². The summed E-state index contributed by atoms with van der Waals surface area (Å²) in [5.74, 6) is 1.65. The molecule has 2 fully saturated rings. The van der Waals surface area contributed by atoms with Gasteiger partial charge in [-0.25, -0.2) is 0 Å². The van der Waals surface area contributed by atoms with Crippen molar-refractivity contribution >= 4 is 5.91 Å². The molecule has 0 heterocycles. The van der Waals surface area contributed by atoms with E-state index in [1.54, 1.807) is 0 Å². The summed E-state index contributed by atoms with van der Waals surface area (Å²) in [6.45, 7) is 1.34. The summed E-state index contributed by atoms with van der Waals surface area (Å²) in [5.41, 5.74) is 0.611. The highest BCUT2D eigenvalue weighted by Crippen LogP contribution is 2.30. The molecule has 2 N–H and O–H groups in total. The summed E-state index contributed by atoms with van der Waals surface area (Å²) in [7, 11) is 0. The summed E-state index contributed by atoms with van der Waals surface area (Å²) in [4.78, 5) is 12.4. The molecule has 2 aliphatic carbocycles. The van der Waals surface area contributed by atoms with E-state index in [-0.39, 0.29) is 12.0 Å². The molecular formula is C18H25NO3. The van der Waals surface area contributed by atoms with Crippen LogP contribution >= 0.6 is 0 Å². The van der Waals surface area contributed by atoms with E-state index < -0.39 is 0 Å². The number of aliphatic hydroxyl groups is 1. The van der Waals surface area contributed by atoms with Gasteiger partial charge in [0, 0.05) is 6.54 Å². The molecule has 22 heavy (non-hydrogen) atoms. The van der Waals surface area contributed by atoms with Gasteiger partial charge in [-0.1, -0.05) is 18.6 Å². The predicted octanol–water partition coefficient (Wildman–Crippen LogP) is 2.76. The van der Waals surface area contributed by atoms with E-state index in [4.69, 9.17) is 4.74 Å². The van der Waals surface area contributed by atoms with E-state index in [0.29, 0.717) is 36.3 Å². The summed E-state index contributed by atoms with van der Waals surface area (Å²) >= 11 is 0. The molecule has 2 unspecified atom stereocenters. The number of carbonyl (C=O) groups excluding carboxylic acids is 1. The lowest BCUT2D eigenvalue weighted by molar-refractivity contribution is 0.0870. The molecule has 0 saturated heterocycles. The van der Waals surface area contributed by atoms with Crippen LogP contribution in [-0.4, -0.2) is 30.3 Å². The summed E-state index contributed by atoms with van der Waals surface area (Å²) < 4.78 is 5.79. The van der Waals surface area contributed by atoms with Gasteiger partial charge in [-0.3, -0.25) is 4.79 Å². The van der Waals surface area contributed by atoms with Crippen molar-refractivity contribution in [2.24, 2.45) is 11.8 Å². The predicted molar refractivity (Wildman–Crippen MR) is 85.0 cm³/mol. The summed E-state index contributed by atoms with van der Waals surface area (Å²) in [5, 5.41) is 12.7. The van der Waals surface area contributed by atoms with Crippen molar-refractivity contribution in [3.63, 3.8) is 0 Å². The molecule has 1 aromatic rings. The fourth-order valence-electron chi connectivity index (χ4n) is 3.05. The molecule has 1 amide bonds. The van der Waals surface area contributed by atoms with Gasteiger partial charge in [0.05, 0.1) is 18.3 Å². The van der Waals surface area contributed by atoms with Gasteiger partial charge in [-0.05, 0) is 56.1 Å². The number of hydrogen-bond donors (Lipinski definition) is 2. The quantitative estimate of drug-likeness (QED) is 0.849. The average molecular weight is 303 g/mol. The van der Waals surface area contributed by atoms with Gasteiger partial charge in [0.15, 0.2) is 0 Å². The fraction of sp³-hybridized carbons (Fsp3) is 0.611. The zero-order valence-corrected chi connectivity index (χ0v) is 13.0. The molecule has 0 bridgehead atoms. The second kappa shape index (κ2) is 7.14. The number of amides is 1. The lowest BCUT2D eigenvalue weighted by atomic mass is 9.87. The van der Waals surface area contributed by atoms with Crippen LogP contribution in [0.1, 0.15) is 48.9 Å². The molecule has 2 atom stereocenters. The maximum Gasteiger partial charge on any atom is 0.255 e. The molecule has 0 aliphatic heterocycles. The minimum Gasteiger partial charge on any atom is -0.492 e. The van der Waals surface area contributed by atoms with Gasteiger partial charge in [-0.2, -0.15) is 0 Å². The van der Waals surface area contributed by atoms with Crippen LogP contribution in [0.2, 0.25) is 0 Å². The van der Waals surface area contributed by atoms with Crippen LogP contribution in [0.4, 0.5) is 0 Å². The molecule has 3 rings (SSSR count). The van der Waals surface area contributed by atoms with Crippen LogP contribution in [-0.2, 0) is 0 Å². The number of aliphatic hydroxyl groups excluding tert-OH is 1. The molecule has 2 saturated carbocycles.